The number of rotatable bonds is 9. The predicted molar refractivity (Wildman–Crippen MR) is 119 cm³/mol. The van der Waals surface area contributed by atoms with Gasteiger partial charge in [0.25, 0.3) is 5.91 Å². The summed E-state index contributed by atoms with van der Waals surface area (Å²) in [6, 6.07) is 24.2. The van der Waals surface area contributed by atoms with E-state index in [1.807, 2.05) is 61.5 Å². The van der Waals surface area contributed by atoms with Crippen LogP contribution in [0.3, 0.4) is 0 Å². The minimum absolute atomic E-state index is 0.127. The number of nitrogens with one attached hydrogen (secondary N) is 3. The van der Waals surface area contributed by atoms with Gasteiger partial charge in [-0.05, 0) is 61.0 Å². The first-order valence-electron chi connectivity index (χ1n) is 9.83. The summed E-state index contributed by atoms with van der Waals surface area (Å²) in [6.07, 6.45) is 0. The van der Waals surface area contributed by atoms with Crippen molar-refractivity contribution in [1.29, 1.82) is 0 Å². The van der Waals surface area contributed by atoms with Crippen LogP contribution in [0.2, 0.25) is 0 Å². The summed E-state index contributed by atoms with van der Waals surface area (Å²) in [4.78, 5) is 23.9. The Kier molecular flexibility index (Phi) is 7.44. The van der Waals surface area contributed by atoms with E-state index < -0.39 is 0 Å². The van der Waals surface area contributed by atoms with Crippen LogP contribution in [0.4, 0.5) is 11.4 Å². The van der Waals surface area contributed by atoms with E-state index in [-0.39, 0.29) is 18.4 Å². The molecular weight excluding hydrogens is 378 g/mol. The lowest BCUT2D eigenvalue weighted by molar-refractivity contribution is -0.114. The molecule has 0 aliphatic rings. The second-order valence-electron chi connectivity index (χ2n) is 6.64. The number of carbonyl (C=O) groups is 2. The zero-order valence-corrected chi connectivity index (χ0v) is 16.9. The standard InChI is InChI=1S/C24H25N3O3/c1-2-25-24(29)19-8-10-21(11-9-19)27-23(28)16-26-20-12-14-22(15-13-20)30-17-18-6-4-3-5-7-18/h3-15,26H,2,16-17H2,1H3,(H,25,29)(H,27,28). The molecule has 0 aliphatic heterocycles. The minimum atomic E-state index is -0.176. The van der Waals surface area contributed by atoms with Crippen LogP contribution in [0.5, 0.6) is 5.75 Å². The fourth-order valence-electron chi connectivity index (χ4n) is 2.76. The molecule has 0 aromatic heterocycles. The van der Waals surface area contributed by atoms with Gasteiger partial charge in [0.1, 0.15) is 12.4 Å². The average molecular weight is 403 g/mol. The number of amides is 2. The van der Waals surface area contributed by atoms with Crippen molar-refractivity contribution in [2.45, 2.75) is 13.5 Å². The monoisotopic (exact) mass is 403 g/mol. The molecule has 0 atom stereocenters. The van der Waals surface area contributed by atoms with Gasteiger partial charge in [0.15, 0.2) is 0 Å². The SMILES string of the molecule is CCNC(=O)c1ccc(NC(=O)CNc2ccc(OCc3ccccc3)cc2)cc1. The molecule has 154 valence electrons. The van der Waals surface area contributed by atoms with E-state index in [4.69, 9.17) is 4.74 Å². The first kappa shape index (κ1) is 20.9. The van der Waals surface area contributed by atoms with Gasteiger partial charge in [-0.2, -0.15) is 0 Å². The number of anilines is 2. The lowest BCUT2D eigenvalue weighted by atomic mass is 10.2. The van der Waals surface area contributed by atoms with Gasteiger partial charge < -0.3 is 20.7 Å². The molecule has 30 heavy (non-hydrogen) atoms. The number of hydrogen-bond acceptors (Lipinski definition) is 4. The Labute approximate surface area is 176 Å². The van der Waals surface area contributed by atoms with Crippen LogP contribution in [0.15, 0.2) is 78.9 Å². The van der Waals surface area contributed by atoms with Crippen LogP contribution >= 0.6 is 0 Å². The molecule has 0 unspecified atom stereocenters. The normalized spacial score (nSPS) is 10.2. The third kappa shape index (κ3) is 6.38. The maximum absolute atomic E-state index is 12.2. The molecule has 0 aliphatic carbocycles. The van der Waals surface area contributed by atoms with Gasteiger partial charge in [-0.25, -0.2) is 0 Å². The molecule has 3 aromatic rings. The third-order valence-electron chi connectivity index (χ3n) is 4.32. The molecule has 6 nitrogen and oxygen atoms in total. The van der Waals surface area contributed by atoms with E-state index in [1.165, 1.54) is 0 Å². The number of benzene rings is 3. The van der Waals surface area contributed by atoms with Crippen LogP contribution in [0, 0.1) is 0 Å². The summed E-state index contributed by atoms with van der Waals surface area (Å²) in [6.45, 7) is 3.07. The highest BCUT2D eigenvalue weighted by Gasteiger charge is 2.06. The van der Waals surface area contributed by atoms with E-state index in [0.717, 1.165) is 17.0 Å². The first-order valence-corrected chi connectivity index (χ1v) is 9.83. The van der Waals surface area contributed by atoms with Gasteiger partial charge in [0.2, 0.25) is 5.91 Å². The highest BCUT2D eigenvalue weighted by Crippen LogP contribution is 2.17. The van der Waals surface area contributed by atoms with Crippen molar-refractivity contribution in [2.75, 3.05) is 23.7 Å². The molecule has 6 heteroatoms. The number of carbonyl (C=O) groups excluding carboxylic acids is 2. The van der Waals surface area contributed by atoms with Crippen molar-refractivity contribution >= 4 is 23.2 Å². The van der Waals surface area contributed by atoms with Crippen molar-refractivity contribution in [3.05, 3.63) is 90.0 Å². The Morgan fingerprint density at radius 3 is 2.17 bits per heavy atom. The Balaban J connectivity index is 1.43. The molecule has 0 saturated carbocycles. The molecule has 2 amide bonds. The maximum atomic E-state index is 12.2. The van der Waals surface area contributed by atoms with Gasteiger partial charge in [0.05, 0.1) is 6.54 Å². The van der Waals surface area contributed by atoms with Gasteiger partial charge in [-0.15, -0.1) is 0 Å². The van der Waals surface area contributed by atoms with Crippen molar-refractivity contribution < 1.29 is 14.3 Å². The highest BCUT2D eigenvalue weighted by molar-refractivity contribution is 5.96. The van der Waals surface area contributed by atoms with Crippen LogP contribution in [-0.2, 0) is 11.4 Å². The van der Waals surface area contributed by atoms with Crippen molar-refractivity contribution in [1.82, 2.24) is 5.32 Å². The molecule has 3 N–H and O–H groups in total. The summed E-state index contributed by atoms with van der Waals surface area (Å²) < 4.78 is 5.76. The fraction of sp³-hybridized carbons (Fsp3) is 0.167. The molecule has 0 spiro atoms. The van der Waals surface area contributed by atoms with Crippen LogP contribution in [-0.4, -0.2) is 24.9 Å². The fourth-order valence-corrected chi connectivity index (χ4v) is 2.76. The second-order valence-corrected chi connectivity index (χ2v) is 6.64. The predicted octanol–water partition coefficient (Wildman–Crippen LogP) is 4.07. The van der Waals surface area contributed by atoms with Crippen LogP contribution < -0.4 is 20.7 Å². The Bertz CT molecular complexity index is 955. The molecule has 0 fully saturated rings. The van der Waals surface area contributed by atoms with Crippen LogP contribution in [0.1, 0.15) is 22.8 Å². The van der Waals surface area contributed by atoms with Crippen LogP contribution in [0.25, 0.3) is 0 Å². The van der Waals surface area contributed by atoms with E-state index in [2.05, 4.69) is 16.0 Å². The molecular formula is C24H25N3O3. The first-order chi connectivity index (χ1) is 14.6. The van der Waals surface area contributed by atoms with Gasteiger partial charge in [0, 0.05) is 23.5 Å². The summed E-state index contributed by atoms with van der Waals surface area (Å²) in [5, 5.41) is 8.62. The van der Waals surface area contributed by atoms with Gasteiger partial charge in [-0.3, -0.25) is 9.59 Å². The van der Waals surface area contributed by atoms with E-state index in [0.29, 0.717) is 24.4 Å². The summed E-state index contributed by atoms with van der Waals surface area (Å²) >= 11 is 0. The minimum Gasteiger partial charge on any atom is -0.489 e. The molecule has 0 heterocycles. The van der Waals surface area contributed by atoms with Crippen molar-refractivity contribution in [3.63, 3.8) is 0 Å². The topological polar surface area (TPSA) is 79.5 Å². The van der Waals surface area contributed by atoms with E-state index in [1.54, 1.807) is 24.3 Å². The molecule has 0 radical (unpaired) electrons. The third-order valence-corrected chi connectivity index (χ3v) is 4.32. The highest BCUT2D eigenvalue weighted by atomic mass is 16.5. The lowest BCUT2D eigenvalue weighted by Gasteiger charge is -2.10. The summed E-state index contributed by atoms with van der Waals surface area (Å²) in [5.74, 6) is 0.458. The van der Waals surface area contributed by atoms with E-state index >= 15 is 0 Å². The zero-order valence-electron chi connectivity index (χ0n) is 16.9. The second kappa shape index (κ2) is 10.7. The molecule has 0 saturated heterocycles. The van der Waals surface area contributed by atoms with E-state index in [9.17, 15) is 9.59 Å². The average Bonchev–Trinajstić information content (AvgIpc) is 2.78. The maximum Gasteiger partial charge on any atom is 0.251 e. The Morgan fingerprint density at radius 1 is 0.833 bits per heavy atom. The summed E-state index contributed by atoms with van der Waals surface area (Å²) in [5.41, 5.74) is 3.13. The largest absolute Gasteiger partial charge is 0.489 e. The molecule has 3 rings (SSSR count). The number of hydrogen-bond donors (Lipinski definition) is 3. The molecule has 3 aromatic carbocycles. The van der Waals surface area contributed by atoms with Gasteiger partial charge >= 0.3 is 0 Å². The zero-order chi connectivity index (χ0) is 21.2. The quantitative estimate of drug-likeness (QED) is 0.503. The van der Waals surface area contributed by atoms with Gasteiger partial charge in [-0.1, -0.05) is 30.3 Å². The number of ether oxygens (including phenoxy) is 1. The molecule has 0 bridgehead atoms. The Hall–Kier alpha value is -3.80. The van der Waals surface area contributed by atoms with Crippen molar-refractivity contribution in [2.24, 2.45) is 0 Å². The smallest absolute Gasteiger partial charge is 0.251 e. The van der Waals surface area contributed by atoms with Crippen molar-refractivity contribution in [3.8, 4) is 5.75 Å². The summed E-state index contributed by atoms with van der Waals surface area (Å²) in [7, 11) is 0. The Morgan fingerprint density at radius 2 is 1.50 bits per heavy atom. The lowest BCUT2D eigenvalue weighted by Crippen LogP contribution is -2.23.